The van der Waals surface area contributed by atoms with E-state index in [9.17, 15) is 0 Å². The van der Waals surface area contributed by atoms with Crippen molar-refractivity contribution in [2.75, 3.05) is 18.0 Å². The molecule has 1 aromatic heterocycles. The highest BCUT2D eigenvalue weighted by molar-refractivity contribution is 5.63. The van der Waals surface area contributed by atoms with Crippen molar-refractivity contribution in [1.82, 2.24) is 4.98 Å². The molecule has 0 aliphatic carbocycles. The fourth-order valence-corrected chi connectivity index (χ4v) is 2.40. The minimum atomic E-state index is 0.101. The minimum Gasteiger partial charge on any atom is -0.356 e. The largest absolute Gasteiger partial charge is 0.356 e. The second kappa shape index (κ2) is 5.13. The number of anilines is 1. The fourth-order valence-electron chi connectivity index (χ4n) is 2.40. The van der Waals surface area contributed by atoms with Gasteiger partial charge in [0, 0.05) is 29.8 Å². The zero-order valence-corrected chi connectivity index (χ0v) is 11.9. The molecule has 0 amide bonds. The van der Waals surface area contributed by atoms with Crippen LogP contribution in [0, 0.1) is 0 Å². The Morgan fingerprint density at radius 2 is 1.83 bits per heavy atom. The molecule has 0 unspecified atom stereocenters. The van der Waals surface area contributed by atoms with Crippen LogP contribution in [0.1, 0.15) is 51.3 Å². The van der Waals surface area contributed by atoms with E-state index in [0.717, 1.165) is 30.2 Å². The molecule has 0 N–H and O–H groups in total. The first-order valence-corrected chi connectivity index (χ1v) is 6.91. The van der Waals surface area contributed by atoms with Crippen LogP contribution in [0.4, 0.5) is 5.82 Å². The highest BCUT2D eigenvalue weighted by Crippen LogP contribution is 2.28. The van der Waals surface area contributed by atoms with Crippen LogP contribution in [0.2, 0.25) is 0 Å². The molecule has 2 heteroatoms. The van der Waals surface area contributed by atoms with Crippen molar-refractivity contribution in [3.63, 3.8) is 0 Å². The van der Waals surface area contributed by atoms with E-state index in [4.69, 9.17) is 4.98 Å². The lowest BCUT2D eigenvalue weighted by molar-refractivity contribution is 0.553. The van der Waals surface area contributed by atoms with Crippen LogP contribution in [0.3, 0.4) is 0 Å². The fraction of sp³-hybridized carbons (Fsp3) is 0.562. The first kappa shape index (κ1) is 13.1. The van der Waals surface area contributed by atoms with Crippen molar-refractivity contribution < 1.29 is 0 Å². The molecule has 18 heavy (non-hydrogen) atoms. The van der Waals surface area contributed by atoms with Crippen molar-refractivity contribution in [2.45, 2.75) is 45.4 Å². The number of pyridine rings is 1. The van der Waals surface area contributed by atoms with Crippen molar-refractivity contribution in [1.29, 1.82) is 0 Å². The van der Waals surface area contributed by atoms with Crippen LogP contribution in [-0.2, 0) is 5.41 Å². The van der Waals surface area contributed by atoms with Gasteiger partial charge in [0.15, 0.2) is 0 Å². The second-order valence-corrected chi connectivity index (χ2v) is 6.11. The quantitative estimate of drug-likeness (QED) is 0.781. The van der Waals surface area contributed by atoms with Crippen LogP contribution in [-0.4, -0.2) is 18.1 Å². The Bertz CT molecular complexity index is 423. The summed E-state index contributed by atoms with van der Waals surface area (Å²) in [4.78, 5) is 7.31. The SMILES string of the molecule is C=Cc1ccc(C(C)(C)C)nc1N1CCCCC1. The third kappa shape index (κ3) is 2.74. The summed E-state index contributed by atoms with van der Waals surface area (Å²) in [6.07, 6.45) is 5.82. The van der Waals surface area contributed by atoms with E-state index in [2.05, 4.69) is 44.4 Å². The summed E-state index contributed by atoms with van der Waals surface area (Å²) < 4.78 is 0. The third-order valence-corrected chi connectivity index (χ3v) is 3.55. The summed E-state index contributed by atoms with van der Waals surface area (Å²) >= 11 is 0. The standard InChI is InChI=1S/C16H24N2/c1-5-13-9-10-14(16(2,3)4)17-15(13)18-11-7-6-8-12-18/h5,9-10H,1,6-8,11-12H2,2-4H3. The summed E-state index contributed by atoms with van der Waals surface area (Å²) in [7, 11) is 0. The van der Waals surface area contributed by atoms with Gasteiger partial charge in [0.2, 0.25) is 0 Å². The second-order valence-electron chi connectivity index (χ2n) is 6.11. The predicted octanol–water partition coefficient (Wildman–Crippen LogP) is 4.01. The van der Waals surface area contributed by atoms with Gasteiger partial charge in [-0.15, -0.1) is 0 Å². The van der Waals surface area contributed by atoms with Gasteiger partial charge in [-0.3, -0.25) is 0 Å². The molecular formula is C16H24N2. The van der Waals surface area contributed by atoms with Gasteiger partial charge in [-0.25, -0.2) is 4.98 Å². The first-order chi connectivity index (χ1) is 8.52. The van der Waals surface area contributed by atoms with Gasteiger partial charge in [-0.1, -0.05) is 33.4 Å². The molecule has 0 spiro atoms. The Balaban J connectivity index is 2.38. The molecule has 1 aromatic rings. The Morgan fingerprint density at radius 3 is 2.39 bits per heavy atom. The molecule has 98 valence electrons. The maximum atomic E-state index is 4.89. The molecular weight excluding hydrogens is 220 g/mol. The molecule has 0 atom stereocenters. The molecule has 1 saturated heterocycles. The van der Waals surface area contributed by atoms with Crippen LogP contribution >= 0.6 is 0 Å². The van der Waals surface area contributed by atoms with Gasteiger partial charge in [0.05, 0.1) is 0 Å². The normalized spacial score (nSPS) is 16.7. The van der Waals surface area contributed by atoms with Crippen molar-refractivity contribution in [3.8, 4) is 0 Å². The smallest absolute Gasteiger partial charge is 0.136 e. The van der Waals surface area contributed by atoms with Gasteiger partial charge in [-0.05, 0) is 31.4 Å². The maximum Gasteiger partial charge on any atom is 0.136 e. The van der Waals surface area contributed by atoms with E-state index in [-0.39, 0.29) is 5.41 Å². The maximum absolute atomic E-state index is 4.89. The van der Waals surface area contributed by atoms with E-state index in [1.807, 2.05) is 6.08 Å². The first-order valence-electron chi connectivity index (χ1n) is 6.91. The highest BCUT2D eigenvalue weighted by atomic mass is 15.2. The molecule has 1 aliphatic heterocycles. The number of nitrogens with zero attached hydrogens (tertiary/aromatic N) is 2. The van der Waals surface area contributed by atoms with Crippen molar-refractivity contribution in [2.24, 2.45) is 0 Å². The van der Waals surface area contributed by atoms with Crippen LogP contribution < -0.4 is 4.90 Å². The predicted molar refractivity (Wildman–Crippen MR) is 79.1 cm³/mol. The average molecular weight is 244 g/mol. The topological polar surface area (TPSA) is 16.1 Å². The molecule has 0 aromatic carbocycles. The van der Waals surface area contributed by atoms with Crippen molar-refractivity contribution >= 4 is 11.9 Å². The number of piperidine rings is 1. The van der Waals surface area contributed by atoms with E-state index in [1.54, 1.807) is 0 Å². The lowest BCUT2D eigenvalue weighted by atomic mass is 9.91. The molecule has 0 saturated carbocycles. The van der Waals surface area contributed by atoms with E-state index < -0.39 is 0 Å². The summed E-state index contributed by atoms with van der Waals surface area (Å²) in [5.74, 6) is 1.12. The Labute approximate surface area is 111 Å². The lowest BCUT2D eigenvalue weighted by Gasteiger charge is -2.30. The van der Waals surface area contributed by atoms with Gasteiger partial charge < -0.3 is 4.90 Å². The molecule has 1 aliphatic rings. The molecule has 2 rings (SSSR count). The number of aromatic nitrogens is 1. The summed E-state index contributed by atoms with van der Waals surface area (Å²) in [5, 5.41) is 0. The number of hydrogen-bond acceptors (Lipinski definition) is 2. The Hall–Kier alpha value is -1.31. The zero-order chi connectivity index (χ0) is 13.2. The molecule has 2 nitrogen and oxygen atoms in total. The number of rotatable bonds is 2. The Morgan fingerprint density at radius 1 is 1.17 bits per heavy atom. The average Bonchev–Trinajstić information content (AvgIpc) is 2.38. The van der Waals surface area contributed by atoms with E-state index in [1.165, 1.54) is 19.3 Å². The van der Waals surface area contributed by atoms with E-state index >= 15 is 0 Å². The molecule has 0 bridgehead atoms. The van der Waals surface area contributed by atoms with Gasteiger partial charge >= 0.3 is 0 Å². The van der Waals surface area contributed by atoms with Crippen LogP contribution in [0.15, 0.2) is 18.7 Å². The molecule has 1 fully saturated rings. The zero-order valence-electron chi connectivity index (χ0n) is 11.9. The number of hydrogen-bond donors (Lipinski definition) is 0. The highest BCUT2D eigenvalue weighted by Gasteiger charge is 2.20. The monoisotopic (exact) mass is 244 g/mol. The minimum absolute atomic E-state index is 0.101. The van der Waals surface area contributed by atoms with E-state index in [0.29, 0.717) is 0 Å². The van der Waals surface area contributed by atoms with Crippen molar-refractivity contribution in [3.05, 3.63) is 30.0 Å². The van der Waals surface area contributed by atoms with Crippen LogP contribution in [0.25, 0.3) is 6.08 Å². The molecule has 0 radical (unpaired) electrons. The van der Waals surface area contributed by atoms with Gasteiger partial charge in [0.25, 0.3) is 0 Å². The lowest BCUT2D eigenvalue weighted by Crippen LogP contribution is -2.31. The summed E-state index contributed by atoms with van der Waals surface area (Å²) in [6.45, 7) is 12.8. The Kier molecular flexibility index (Phi) is 3.74. The van der Waals surface area contributed by atoms with Crippen LogP contribution in [0.5, 0.6) is 0 Å². The van der Waals surface area contributed by atoms with Gasteiger partial charge in [-0.2, -0.15) is 0 Å². The summed E-state index contributed by atoms with van der Waals surface area (Å²) in [5.41, 5.74) is 2.42. The third-order valence-electron chi connectivity index (χ3n) is 3.55. The molecule has 2 heterocycles. The summed E-state index contributed by atoms with van der Waals surface area (Å²) in [6, 6.07) is 4.29. The van der Waals surface area contributed by atoms with Gasteiger partial charge in [0.1, 0.15) is 5.82 Å².